The summed E-state index contributed by atoms with van der Waals surface area (Å²) in [5, 5.41) is 2.89. The predicted molar refractivity (Wildman–Crippen MR) is 123 cm³/mol. The zero-order chi connectivity index (χ0) is 23.4. The van der Waals surface area contributed by atoms with E-state index in [2.05, 4.69) is 15.0 Å². The van der Waals surface area contributed by atoms with Gasteiger partial charge >= 0.3 is 0 Å². The number of aromatic nitrogens is 1. The van der Waals surface area contributed by atoms with E-state index in [1.807, 2.05) is 19.1 Å². The fourth-order valence-electron chi connectivity index (χ4n) is 3.30. The summed E-state index contributed by atoms with van der Waals surface area (Å²) in [4.78, 5) is 16.6. The molecular formula is C23H22ClN3O5S. The van der Waals surface area contributed by atoms with Gasteiger partial charge in [0.15, 0.2) is 11.5 Å². The molecular weight excluding hydrogens is 466 g/mol. The summed E-state index contributed by atoms with van der Waals surface area (Å²) in [6.45, 7) is 2.84. The Hall–Kier alpha value is -3.14. The maximum atomic E-state index is 12.9. The van der Waals surface area contributed by atoms with Crippen LogP contribution in [0, 0.1) is 0 Å². The van der Waals surface area contributed by atoms with Gasteiger partial charge in [-0.15, -0.1) is 0 Å². The van der Waals surface area contributed by atoms with Gasteiger partial charge in [-0.2, -0.15) is 0 Å². The normalized spacial score (nSPS) is 13.9. The molecule has 4 rings (SSSR count). The minimum absolute atomic E-state index is 0.0186. The van der Waals surface area contributed by atoms with Gasteiger partial charge in [0.05, 0.1) is 11.1 Å². The average Bonchev–Trinajstić information content (AvgIpc) is 2.83. The molecule has 3 aromatic rings. The first-order chi connectivity index (χ1) is 15.8. The Bertz CT molecular complexity index is 1270. The van der Waals surface area contributed by atoms with Crippen LogP contribution in [0.2, 0.25) is 5.02 Å². The average molecular weight is 488 g/mol. The molecule has 0 saturated heterocycles. The van der Waals surface area contributed by atoms with Crippen LogP contribution in [0.1, 0.15) is 34.5 Å². The van der Waals surface area contributed by atoms with Crippen molar-refractivity contribution in [3.63, 3.8) is 0 Å². The van der Waals surface area contributed by atoms with E-state index >= 15 is 0 Å². The number of halogens is 1. The molecule has 1 aromatic heterocycles. The molecule has 0 spiro atoms. The molecule has 2 aromatic carbocycles. The smallest absolute Gasteiger partial charge is 0.251 e. The van der Waals surface area contributed by atoms with E-state index in [0.717, 1.165) is 5.56 Å². The second-order valence-corrected chi connectivity index (χ2v) is 9.57. The number of hydrogen-bond donors (Lipinski definition) is 2. The number of carbonyl (C=O) groups excluding carboxylic acids is 1. The fourth-order valence-corrected chi connectivity index (χ4v) is 4.84. The first kappa shape index (κ1) is 23.0. The van der Waals surface area contributed by atoms with E-state index < -0.39 is 15.9 Å². The Morgan fingerprint density at radius 3 is 2.67 bits per heavy atom. The van der Waals surface area contributed by atoms with Crippen molar-refractivity contribution in [2.75, 3.05) is 13.2 Å². The van der Waals surface area contributed by atoms with E-state index in [4.69, 9.17) is 21.1 Å². The van der Waals surface area contributed by atoms with Gasteiger partial charge in [0, 0.05) is 24.5 Å². The quantitative estimate of drug-likeness (QED) is 0.528. The zero-order valence-corrected chi connectivity index (χ0v) is 19.3. The van der Waals surface area contributed by atoms with Crippen LogP contribution in [0.15, 0.2) is 65.8 Å². The number of amides is 1. The Labute approximate surface area is 197 Å². The second-order valence-electron chi connectivity index (χ2n) is 7.43. The lowest BCUT2D eigenvalue weighted by atomic mass is 10.1. The van der Waals surface area contributed by atoms with E-state index in [0.29, 0.717) is 30.3 Å². The van der Waals surface area contributed by atoms with Gasteiger partial charge in [-0.25, -0.2) is 13.1 Å². The Kier molecular flexibility index (Phi) is 6.83. The van der Waals surface area contributed by atoms with Gasteiger partial charge < -0.3 is 14.8 Å². The molecule has 0 aliphatic carbocycles. The third-order valence-corrected chi connectivity index (χ3v) is 6.97. The number of rotatable bonds is 7. The summed E-state index contributed by atoms with van der Waals surface area (Å²) < 4.78 is 39.2. The lowest BCUT2D eigenvalue weighted by Crippen LogP contribution is -2.28. The molecule has 10 heteroatoms. The summed E-state index contributed by atoms with van der Waals surface area (Å²) in [5.41, 5.74) is 1.69. The van der Waals surface area contributed by atoms with Gasteiger partial charge in [-0.05, 0) is 54.4 Å². The predicted octanol–water partition coefficient (Wildman–Crippen LogP) is 3.48. The van der Waals surface area contributed by atoms with Crippen LogP contribution in [0.25, 0.3) is 0 Å². The molecule has 1 amide bonds. The molecule has 2 N–H and O–H groups in total. The van der Waals surface area contributed by atoms with Crippen LogP contribution >= 0.6 is 11.6 Å². The number of carbonyl (C=O) groups is 1. The van der Waals surface area contributed by atoms with Crippen LogP contribution in [0.3, 0.4) is 0 Å². The fraction of sp³-hybridized carbons (Fsp3) is 0.217. The molecule has 33 heavy (non-hydrogen) atoms. The van der Waals surface area contributed by atoms with Crippen molar-refractivity contribution in [1.29, 1.82) is 0 Å². The van der Waals surface area contributed by atoms with Crippen molar-refractivity contribution in [1.82, 2.24) is 15.0 Å². The van der Waals surface area contributed by atoms with E-state index in [1.54, 1.807) is 30.6 Å². The monoisotopic (exact) mass is 487 g/mol. The third-order valence-electron chi connectivity index (χ3n) is 5.09. The number of ether oxygens (including phenoxy) is 2. The molecule has 0 saturated carbocycles. The van der Waals surface area contributed by atoms with Crippen LogP contribution in [0.5, 0.6) is 11.5 Å². The highest BCUT2D eigenvalue weighted by Gasteiger charge is 2.21. The zero-order valence-electron chi connectivity index (χ0n) is 17.7. The third kappa shape index (κ3) is 5.44. The minimum atomic E-state index is -3.96. The Morgan fingerprint density at radius 1 is 1.12 bits per heavy atom. The molecule has 8 nitrogen and oxygen atoms in total. The molecule has 0 bridgehead atoms. The maximum Gasteiger partial charge on any atom is 0.251 e. The number of pyridine rings is 1. The molecule has 2 heterocycles. The van der Waals surface area contributed by atoms with Crippen LogP contribution in [-0.2, 0) is 16.6 Å². The standard InChI is InChI=1S/C23H22ClN3O5S/c1-15(17-5-7-20-21(11-17)32-10-9-31-20)27-23(28)18-4-6-19(24)22(12-18)33(29,30)26-14-16-3-2-8-25-13-16/h2-8,11-13,15,26H,9-10,14H2,1H3,(H,27,28). The summed E-state index contributed by atoms with van der Waals surface area (Å²) >= 11 is 6.15. The molecule has 1 aliphatic rings. The number of nitrogens with one attached hydrogen (secondary N) is 2. The van der Waals surface area contributed by atoms with Gasteiger partial charge in [0.2, 0.25) is 10.0 Å². The van der Waals surface area contributed by atoms with E-state index in [9.17, 15) is 13.2 Å². The highest BCUT2D eigenvalue weighted by Crippen LogP contribution is 2.32. The Morgan fingerprint density at radius 2 is 1.91 bits per heavy atom. The molecule has 0 fully saturated rings. The van der Waals surface area contributed by atoms with Gasteiger partial charge in [0.1, 0.15) is 18.1 Å². The largest absolute Gasteiger partial charge is 0.486 e. The number of sulfonamides is 1. The lowest BCUT2D eigenvalue weighted by molar-refractivity contribution is 0.0939. The Balaban J connectivity index is 1.49. The molecule has 1 aliphatic heterocycles. The van der Waals surface area contributed by atoms with Gasteiger partial charge in [-0.3, -0.25) is 9.78 Å². The first-order valence-electron chi connectivity index (χ1n) is 10.2. The topological polar surface area (TPSA) is 107 Å². The molecule has 1 atom stereocenters. The van der Waals surface area contributed by atoms with Gasteiger partial charge in [-0.1, -0.05) is 23.7 Å². The molecule has 172 valence electrons. The van der Waals surface area contributed by atoms with Crippen molar-refractivity contribution in [2.24, 2.45) is 0 Å². The lowest BCUT2D eigenvalue weighted by Gasteiger charge is -2.21. The van der Waals surface area contributed by atoms with Gasteiger partial charge in [0.25, 0.3) is 5.91 Å². The highest BCUT2D eigenvalue weighted by molar-refractivity contribution is 7.89. The van der Waals surface area contributed by atoms with Crippen molar-refractivity contribution in [2.45, 2.75) is 24.4 Å². The SMILES string of the molecule is CC(NC(=O)c1ccc(Cl)c(S(=O)(=O)NCc2cccnc2)c1)c1ccc2c(c1)OCCO2. The molecule has 1 unspecified atom stereocenters. The van der Waals surface area contributed by atoms with Crippen LogP contribution in [-0.4, -0.2) is 32.5 Å². The van der Waals surface area contributed by atoms with Crippen molar-refractivity contribution in [3.8, 4) is 11.5 Å². The van der Waals surface area contributed by atoms with E-state index in [1.165, 1.54) is 18.2 Å². The summed E-state index contributed by atoms with van der Waals surface area (Å²) in [5.74, 6) is 0.854. The second kappa shape index (κ2) is 9.78. The van der Waals surface area contributed by atoms with E-state index in [-0.39, 0.29) is 28.1 Å². The summed E-state index contributed by atoms with van der Waals surface area (Å²) in [6.07, 6.45) is 3.16. The van der Waals surface area contributed by atoms with Crippen molar-refractivity contribution >= 4 is 27.5 Å². The van der Waals surface area contributed by atoms with Crippen molar-refractivity contribution in [3.05, 3.63) is 82.6 Å². The maximum absolute atomic E-state index is 12.9. The number of nitrogens with zero attached hydrogens (tertiary/aromatic N) is 1. The first-order valence-corrected chi connectivity index (χ1v) is 12.1. The van der Waals surface area contributed by atoms with Crippen LogP contribution in [0.4, 0.5) is 0 Å². The number of hydrogen-bond acceptors (Lipinski definition) is 6. The van der Waals surface area contributed by atoms with Crippen LogP contribution < -0.4 is 19.5 Å². The van der Waals surface area contributed by atoms with Crippen molar-refractivity contribution < 1.29 is 22.7 Å². The minimum Gasteiger partial charge on any atom is -0.486 e. The number of fused-ring (bicyclic) bond motifs is 1. The molecule has 0 radical (unpaired) electrons. The number of benzene rings is 2. The highest BCUT2D eigenvalue weighted by atomic mass is 35.5. The summed E-state index contributed by atoms with van der Waals surface area (Å²) in [7, 11) is -3.96. The summed E-state index contributed by atoms with van der Waals surface area (Å²) in [6, 6.07) is 12.7.